The summed E-state index contributed by atoms with van der Waals surface area (Å²) in [6.45, 7) is 0. The summed E-state index contributed by atoms with van der Waals surface area (Å²) in [5.74, 6) is 0.677. The van der Waals surface area contributed by atoms with Crippen LogP contribution in [0.15, 0.2) is 42.5 Å². The molecule has 2 saturated heterocycles. The molecule has 12 heteroatoms. The normalized spacial score (nSPS) is 23.4. The van der Waals surface area contributed by atoms with Crippen molar-refractivity contribution in [3.8, 4) is 17.2 Å². The molecule has 4 rings (SSSR count). The Labute approximate surface area is 219 Å². The fourth-order valence-corrected chi connectivity index (χ4v) is 5.56. The summed E-state index contributed by atoms with van der Waals surface area (Å²) in [6.07, 6.45) is -0.916. The first-order valence-electron chi connectivity index (χ1n) is 11.6. The van der Waals surface area contributed by atoms with E-state index in [-0.39, 0.29) is 29.8 Å². The van der Waals surface area contributed by atoms with Crippen LogP contribution in [-0.2, 0) is 9.59 Å². The molecule has 2 aliphatic rings. The average molecular weight is 530 g/mol. The highest BCUT2D eigenvalue weighted by Gasteiger charge is 2.51. The molecule has 0 saturated carbocycles. The molecule has 4 atom stereocenters. The molecule has 0 radical (unpaired) electrons. The lowest BCUT2D eigenvalue weighted by atomic mass is 9.96. The molecule has 4 amide bonds. The summed E-state index contributed by atoms with van der Waals surface area (Å²) in [5.41, 5.74) is 1.39. The minimum atomic E-state index is -0.605. The van der Waals surface area contributed by atoms with Crippen molar-refractivity contribution in [1.29, 1.82) is 0 Å². The third kappa shape index (κ3) is 5.45. The molecule has 37 heavy (non-hydrogen) atoms. The van der Waals surface area contributed by atoms with Gasteiger partial charge in [0.05, 0.1) is 56.4 Å². The van der Waals surface area contributed by atoms with Gasteiger partial charge >= 0.3 is 6.03 Å². The summed E-state index contributed by atoms with van der Waals surface area (Å²) < 4.78 is 15.8. The fraction of sp³-hybridized carbons (Fsp3) is 0.400. The zero-order valence-corrected chi connectivity index (χ0v) is 22.1. The Kier molecular flexibility index (Phi) is 8.10. The first-order valence-corrected chi connectivity index (χ1v) is 12.7. The van der Waals surface area contributed by atoms with Crippen LogP contribution in [0.3, 0.4) is 0 Å². The highest BCUT2D eigenvalue weighted by molar-refractivity contribution is 8.00. The lowest BCUT2D eigenvalue weighted by molar-refractivity contribution is -0.140. The molecule has 0 aliphatic carbocycles. The molecule has 3 N–H and O–H groups in total. The molecular weight excluding hydrogens is 498 g/mol. The summed E-state index contributed by atoms with van der Waals surface area (Å²) >= 11 is 1.30. The number of thioether (sulfide) groups is 1. The van der Waals surface area contributed by atoms with Gasteiger partial charge in [-0.05, 0) is 29.8 Å². The number of imide groups is 1. The van der Waals surface area contributed by atoms with E-state index < -0.39 is 17.5 Å². The van der Waals surface area contributed by atoms with Crippen LogP contribution < -0.4 is 30.2 Å². The largest absolute Gasteiger partial charge is 0.497 e. The number of benzene rings is 2. The van der Waals surface area contributed by atoms with E-state index in [1.54, 1.807) is 39.5 Å². The van der Waals surface area contributed by atoms with Gasteiger partial charge in [-0.15, -0.1) is 11.8 Å². The van der Waals surface area contributed by atoms with Gasteiger partial charge in [0.25, 0.3) is 0 Å². The predicted octanol–water partition coefficient (Wildman–Crippen LogP) is 2.07. The van der Waals surface area contributed by atoms with Gasteiger partial charge < -0.3 is 24.4 Å². The number of nitrogens with one attached hydrogen (secondary N) is 3. The van der Waals surface area contributed by atoms with E-state index in [1.807, 2.05) is 24.3 Å². The minimum Gasteiger partial charge on any atom is -0.497 e. The van der Waals surface area contributed by atoms with Gasteiger partial charge in [0.15, 0.2) is 0 Å². The Bertz CT molecular complexity index is 1160. The lowest BCUT2D eigenvalue weighted by Gasteiger charge is -2.50. The number of amides is 4. The van der Waals surface area contributed by atoms with Gasteiger partial charge in [-0.1, -0.05) is 12.1 Å². The topological polar surface area (TPSA) is 121 Å². The maximum absolute atomic E-state index is 13.2. The Balaban J connectivity index is 1.54. The maximum atomic E-state index is 13.2. The monoisotopic (exact) mass is 529 g/mol. The molecule has 2 heterocycles. The number of methoxy groups -OCH3 is 3. The van der Waals surface area contributed by atoms with Crippen molar-refractivity contribution in [3.05, 3.63) is 48.0 Å². The van der Waals surface area contributed by atoms with Gasteiger partial charge in [-0.2, -0.15) is 0 Å². The number of fused-ring (bicyclic) bond motifs is 1. The van der Waals surface area contributed by atoms with Crippen LogP contribution in [0.4, 0.5) is 10.5 Å². The van der Waals surface area contributed by atoms with Gasteiger partial charge in [0.2, 0.25) is 11.8 Å². The van der Waals surface area contributed by atoms with E-state index in [0.717, 1.165) is 16.2 Å². The van der Waals surface area contributed by atoms with E-state index in [9.17, 15) is 14.4 Å². The molecule has 11 nitrogen and oxygen atoms in total. The standard InChI is InChI=1S/C25H31N5O6S/c1-29-22-20(24(32)30(2)25(29)33)23(28-21(27-22)14-6-8-15(34-3)9-7-14)37-13-19(31)26-17-12-16(35-4)10-11-18(17)36-5/h6-12,20-23,27-28H,13H2,1-5H3,(H,26,31). The number of hydrogen-bond donors (Lipinski definition) is 3. The molecule has 0 bridgehead atoms. The van der Waals surface area contributed by atoms with E-state index in [4.69, 9.17) is 14.2 Å². The van der Waals surface area contributed by atoms with Crippen LogP contribution in [0.2, 0.25) is 0 Å². The third-order valence-electron chi connectivity index (χ3n) is 6.48. The Hall–Kier alpha value is -3.48. The van der Waals surface area contributed by atoms with Gasteiger partial charge in [-0.3, -0.25) is 25.1 Å². The molecule has 0 aromatic heterocycles. The Morgan fingerprint density at radius 3 is 2.30 bits per heavy atom. The van der Waals surface area contributed by atoms with Crippen LogP contribution in [-0.4, -0.2) is 80.4 Å². The van der Waals surface area contributed by atoms with Crippen molar-refractivity contribution in [2.75, 3.05) is 46.5 Å². The highest BCUT2D eigenvalue weighted by atomic mass is 32.2. The van der Waals surface area contributed by atoms with Crippen LogP contribution in [0.25, 0.3) is 0 Å². The summed E-state index contributed by atoms with van der Waals surface area (Å²) in [7, 11) is 7.79. The second-order valence-electron chi connectivity index (χ2n) is 8.65. The first-order chi connectivity index (χ1) is 17.8. The van der Waals surface area contributed by atoms with Crippen molar-refractivity contribution in [3.63, 3.8) is 0 Å². The van der Waals surface area contributed by atoms with Crippen molar-refractivity contribution in [2.24, 2.45) is 5.92 Å². The number of carbonyl (C=O) groups is 3. The van der Waals surface area contributed by atoms with Gasteiger partial charge in [0, 0.05) is 20.2 Å². The molecular formula is C25H31N5O6S. The van der Waals surface area contributed by atoms with Crippen LogP contribution in [0.5, 0.6) is 17.2 Å². The van der Waals surface area contributed by atoms with Crippen molar-refractivity contribution < 1.29 is 28.6 Å². The van der Waals surface area contributed by atoms with E-state index >= 15 is 0 Å². The van der Waals surface area contributed by atoms with E-state index in [1.165, 1.54) is 30.8 Å². The van der Waals surface area contributed by atoms with Crippen molar-refractivity contribution >= 4 is 35.3 Å². The second kappa shape index (κ2) is 11.3. The number of anilines is 1. The SMILES string of the molecule is COc1ccc(C2NC(SCC(=O)Nc3cc(OC)ccc3OC)C3C(=O)N(C)C(=O)N(C)C3N2)cc1. The number of rotatable bonds is 8. The zero-order valence-electron chi connectivity index (χ0n) is 21.3. The average Bonchev–Trinajstić information content (AvgIpc) is 2.93. The third-order valence-corrected chi connectivity index (χ3v) is 7.70. The molecule has 4 unspecified atom stereocenters. The quantitative estimate of drug-likeness (QED) is 0.472. The number of hydrogen-bond acceptors (Lipinski definition) is 9. The molecule has 198 valence electrons. The molecule has 0 spiro atoms. The Morgan fingerprint density at radius 2 is 1.65 bits per heavy atom. The Morgan fingerprint density at radius 1 is 0.973 bits per heavy atom. The number of nitrogens with zero attached hydrogens (tertiary/aromatic N) is 2. The van der Waals surface area contributed by atoms with Gasteiger partial charge in [0.1, 0.15) is 17.2 Å². The predicted molar refractivity (Wildman–Crippen MR) is 140 cm³/mol. The summed E-state index contributed by atoms with van der Waals surface area (Å²) in [5, 5.41) is 9.24. The van der Waals surface area contributed by atoms with Crippen LogP contribution in [0.1, 0.15) is 11.7 Å². The van der Waals surface area contributed by atoms with Gasteiger partial charge in [-0.25, -0.2) is 4.79 Å². The maximum Gasteiger partial charge on any atom is 0.327 e. The number of carbonyl (C=O) groups excluding carboxylic acids is 3. The molecule has 2 aromatic carbocycles. The number of ether oxygens (including phenoxy) is 3. The van der Waals surface area contributed by atoms with Crippen molar-refractivity contribution in [2.45, 2.75) is 17.7 Å². The minimum absolute atomic E-state index is 0.0608. The number of urea groups is 1. The zero-order chi connectivity index (χ0) is 26.7. The van der Waals surface area contributed by atoms with Crippen molar-refractivity contribution in [1.82, 2.24) is 20.4 Å². The summed E-state index contributed by atoms with van der Waals surface area (Å²) in [4.78, 5) is 41.4. The fourth-order valence-electron chi connectivity index (χ4n) is 4.45. The second-order valence-corrected chi connectivity index (χ2v) is 9.78. The summed E-state index contributed by atoms with van der Waals surface area (Å²) in [6, 6.07) is 12.2. The highest BCUT2D eigenvalue weighted by Crippen LogP contribution is 2.35. The smallest absolute Gasteiger partial charge is 0.327 e. The first kappa shape index (κ1) is 26.6. The molecule has 2 aromatic rings. The van der Waals surface area contributed by atoms with E-state index in [2.05, 4.69) is 16.0 Å². The van der Waals surface area contributed by atoms with Crippen LogP contribution in [0, 0.1) is 5.92 Å². The molecule has 2 fully saturated rings. The molecule has 2 aliphatic heterocycles. The van der Waals surface area contributed by atoms with Crippen LogP contribution >= 0.6 is 11.8 Å². The lowest BCUT2D eigenvalue weighted by Crippen LogP contribution is -2.72. The van der Waals surface area contributed by atoms with E-state index in [0.29, 0.717) is 17.2 Å².